The minimum absolute atomic E-state index is 0.0136. The van der Waals surface area contributed by atoms with E-state index in [1.807, 2.05) is 0 Å². The van der Waals surface area contributed by atoms with E-state index in [0.29, 0.717) is 5.69 Å². The molecule has 1 aromatic rings. The normalized spacial score (nSPS) is 9.14. The third kappa shape index (κ3) is 2.45. The van der Waals surface area contributed by atoms with E-state index in [-0.39, 0.29) is 18.3 Å². The lowest BCUT2D eigenvalue weighted by atomic mass is 10.3. The van der Waals surface area contributed by atoms with E-state index in [4.69, 9.17) is 16.3 Å². The number of carboxylic acid groups (broad SMARTS) is 1. The number of hydrogen-bond acceptors (Lipinski definition) is 4. The first kappa shape index (κ1) is 9.99. The molecule has 1 heterocycles. The molecule has 0 bridgehead atoms. The molecule has 5 heteroatoms. The summed E-state index contributed by atoms with van der Waals surface area (Å²) in [5.74, 6) is 1.11. The predicted octanol–water partition coefficient (Wildman–Crippen LogP) is 0.495. The van der Waals surface area contributed by atoms with Crippen molar-refractivity contribution in [2.24, 2.45) is 0 Å². The molecule has 5 nitrogen and oxygen atoms in total. The van der Waals surface area contributed by atoms with Crippen molar-refractivity contribution in [1.82, 2.24) is 9.97 Å². The lowest BCUT2D eigenvalue weighted by Crippen LogP contribution is -2.06. The molecular formula is C9H8N2O3. The Labute approximate surface area is 80.8 Å². The lowest BCUT2D eigenvalue weighted by molar-refractivity contribution is 0.0688. The van der Waals surface area contributed by atoms with Crippen molar-refractivity contribution in [3.8, 4) is 18.4 Å². The van der Waals surface area contributed by atoms with Crippen LogP contribution in [0.1, 0.15) is 16.2 Å². The van der Waals surface area contributed by atoms with Crippen molar-refractivity contribution in [3.05, 3.63) is 17.5 Å². The zero-order chi connectivity index (χ0) is 10.6. The van der Waals surface area contributed by atoms with Crippen LogP contribution in [0.3, 0.4) is 0 Å². The van der Waals surface area contributed by atoms with E-state index in [0.717, 1.165) is 0 Å². The van der Waals surface area contributed by atoms with Gasteiger partial charge in [0, 0.05) is 5.69 Å². The summed E-state index contributed by atoms with van der Waals surface area (Å²) in [6.45, 7) is 1.67. The van der Waals surface area contributed by atoms with Gasteiger partial charge in [-0.25, -0.2) is 9.78 Å². The van der Waals surface area contributed by atoms with E-state index in [1.165, 1.54) is 6.07 Å². The van der Waals surface area contributed by atoms with Crippen LogP contribution in [0, 0.1) is 19.3 Å². The smallest absolute Gasteiger partial charge is 0.354 e. The van der Waals surface area contributed by atoms with Crippen molar-refractivity contribution in [3.63, 3.8) is 0 Å². The third-order valence-electron chi connectivity index (χ3n) is 1.34. The molecule has 72 valence electrons. The highest BCUT2D eigenvalue weighted by Gasteiger charge is 2.08. The summed E-state index contributed by atoms with van der Waals surface area (Å²) in [5, 5.41) is 8.67. The number of carboxylic acids is 1. The van der Waals surface area contributed by atoms with Gasteiger partial charge in [0.1, 0.15) is 0 Å². The second-order valence-corrected chi connectivity index (χ2v) is 2.48. The summed E-state index contributed by atoms with van der Waals surface area (Å²) in [7, 11) is 0. The molecule has 0 atom stereocenters. The van der Waals surface area contributed by atoms with E-state index in [9.17, 15) is 4.79 Å². The van der Waals surface area contributed by atoms with E-state index >= 15 is 0 Å². The monoisotopic (exact) mass is 192 g/mol. The Morgan fingerprint density at radius 3 is 3.00 bits per heavy atom. The predicted molar refractivity (Wildman–Crippen MR) is 48.1 cm³/mol. The summed E-state index contributed by atoms with van der Waals surface area (Å²) in [4.78, 5) is 18.1. The maximum absolute atomic E-state index is 10.6. The summed E-state index contributed by atoms with van der Waals surface area (Å²) in [6, 6.07) is 1.34. The Morgan fingerprint density at radius 2 is 2.43 bits per heavy atom. The molecule has 0 radical (unpaired) electrons. The standard InChI is InChI=1S/C9H8N2O3/c1-3-4-14-9-10-6(2)5-7(11-9)8(12)13/h1,5H,4H2,2H3,(H,12,13). The minimum Gasteiger partial charge on any atom is -0.477 e. The van der Waals surface area contributed by atoms with Gasteiger partial charge in [-0.05, 0) is 13.0 Å². The van der Waals surface area contributed by atoms with Crippen LogP contribution in [0.2, 0.25) is 0 Å². The Hall–Kier alpha value is -2.09. The fourth-order valence-corrected chi connectivity index (χ4v) is 0.822. The lowest BCUT2D eigenvalue weighted by Gasteiger charge is -2.02. The molecule has 0 saturated carbocycles. The van der Waals surface area contributed by atoms with Crippen LogP contribution >= 0.6 is 0 Å². The van der Waals surface area contributed by atoms with Crippen molar-refractivity contribution >= 4 is 5.97 Å². The van der Waals surface area contributed by atoms with Gasteiger partial charge in [0.15, 0.2) is 12.3 Å². The first-order chi connectivity index (χ1) is 6.63. The van der Waals surface area contributed by atoms with Crippen molar-refractivity contribution < 1.29 is 14.6 Å². The van der Waals surface area contributed by atoms with Crippen LogP contribution in [0.15, 0.2) is 6.07 Å². The van der Waals surface area contributed by atoms with Crippen LogP contribution < -0.4 is 4.74 Å². The van der Waals surface area contributed by atoms with E-state index in [2.05, 4.69) is 15.9 Å². The van der Waals surface area contributed by atoms with E-state index in [1.54, 1.807) is 6.92 Å². The van der Waals surface area contributed by atoms with Gasteiger partial charge in [-0.1, -0.05) is 5.92 Å². The zero-order valence-corrected chi connectivity index (χ0v) is 7.52. The maximum atomic E-state index is 10.6. The second-order valence-electron chi connectivity index (χ2n) is 2.48. The number of aryl methyl sites for hydroxylation is 1. The molecule has 0 aliphatic rings. The minimum atomic E-state index is -1.12. The van der Waals surface area contributed by atoms with Crippen LogP contribution in [0.5, 0.6) is 6.01 Å². The van der Waals surface area contributed by atoms with Crippen molar-refractivity contribution in [1.29, 1.82) is 0 Å². The molecule has 0 saturated heterocycles. The first-order valence-corrected chi connectivity index (χ1v) is 3.78. The molecule has 14 heavy (non-hydrogen) atoms. The van der Waals surface area contributed by atoms with Gasteiger partial charge in [0.05, 0.1) is 0 Å². The third-order valence-corrected chi connectivity index (χ3v) is 1.34. The summed E-state index contributed by atoms with van der Waals surface area (Å²) in [6.07, 6.45) is 4.97. The molecule has 1 rings (SSSR count). The summed E-state index contributed by atoms with van der Waals surface area (Å²) in [5.41, 5.74) is 0.411. The number of nitrogens with zero attached hydrogens (tertiary/aromatic N) is 2. The average molecular weight is 192 g/mol. The maximum Gasteiger partial charge on any atom is 0.354 e. The number of terminal acetylenes is 1. The fraction of sp³-hybridized carbons (Fsp3) is 0.222. The molecule has 0 amide bonds. The topological polar surface area (TPSA) is 72.3 Å². The zero-order valence-electron chi connectivity index (χ0n) is 7.52. The number of aromatic carboxylic acids is 1. The highest BCUT2D eigenvalue weighted by atomic mass is 16.5. The molecule has 0 aliphatic carbocycles. The van der Waals surface area contributed by atoms with Crippen LogP contribution in [-0.2, 0) is 0 Å². The average Bonchev–Trinajstić information content (AvgIpc) is 2.14. The van der Waals surface area contributed by atoms with Gasteiger partial charge < -0.3 is 9.84 Å². The first-order valence-electron chi connectivity index (χ1n) is 3.78. The van der Waals surface area contributed by atoms with Crippen molar-refractivity contribution in [2.75, 3.05) is 6.61 Å². The number of carbonyl (C=O) groups is 1. The Bertz CT molecular complexity index is 396. The number of rotatable bonds is 3. The quantitative estimate of drug-likeness (QED) is 0.706. The highest BCUT2D eigenvalue weighted by molar-refractivity contribution is 5.85. The van der Waals surface area contributed by atoms with Crippen LogP contribution in [0.4, 0.5) is 0 Å². The molecule has 0 aromatic carbocycles. The van der Waals surface area contributed by atoms with Gasteiger partial charge >= 0.3 is 12.0 Å². The largest absolute Gasteiger partial charge is 0.477 e. The van der Waals surface area contributed by atoms with Crippen molar-refractivity contribution in [2.45, 2.75) is 6.92 Å². The van der Waals surface area contributed by atoms with Crippen LogP contribution in [0.25, 0.3) is 0 Å². The Kier molecular flexibility index (Phi) is 3.02. The molecule has 0 fully saturated rings. The van der Waals surface area contributed by atoms with Gasteiger partial charge in [0.2, 0.25) is 0 Å². The van der Waals surface area contributed by atoms with Gasteiger partial charge in [-0.15, -0.1) is 6.42 Å². The van der Waals surface area contributed by atoms with Gasteiger partial charge in [0.25, 0.3) is 0 Å². The number of ether oxygens (including phenoxy) is 1. The SMILES string of the molecule is C#CCOc1nc(C)cc(C(=O)O)n1. The molecular weight excluding hydrogens is 184 g/mol. The van der Waals surface area contributed by atoms with Gasteiger partial charge in [-0.2, -0.15) is 4.98 Å². The molecule has 0 spiro atoms. The fourth-order valence-electron chi connectivity index (χ4n) is 0.822. The second kappa shape index (κ2) is 4.23. The molecule has 0 unspecified atom stereocenters. The Morgan fingerprint density at radius 1 is 1.71 bits per heavy atom. The number of aromatic nitrogens is 2. The van der Waals surface area contributed by atoms with Gasteiger partial charge in [-0.3, -0.25) is 0 Å². The Balaban J connectivity index is 2.96. The molecule has 1 N–H and O–H groups in total. The molecule has 0 aliphatic heterocycles. The highest BCUT2D eigenvalue weighted by Crippen LogP contribution is 2.06. The van der Waals surface area contributed by atoms with E-state index < -0.39 is 5.97 Å². The molecule has 1 aromatic heterocycles. The van der Waals surface area contributed by atoms with Crippen LogP contribution in [-0.4, -0.2) is 27.7 Å². The summed E-state index contributed by atoms with van der Waals surface area (Å²) < 4.78 is 4.91. The summed E-state index contributed by atoms with van der Waals surface area (Å²) >= 11 is 0. The number of hydrogen-bond donors (Lipinski definition) is 1.